The van der Waals surface area contributed by atoms with Crippen LogP contribution in [0, 0.1) is 5.82 Å². The first-order valence-electron chi connectivity index (χ1n) is 7.06. The monoisotopic (exact) mass is 326 g/mol. The molecular weight excluding hydrogens is 307 g/mol. The second-order valence-electron chi connectivity index (χ2n) is 5.94. The largest absolute Gasteiger partial charge is 0.363 e. The number of anilines is 1. The van der Waals surface area contributed by atoms with Crippen molar-refractivity contribution in [3.05, 3.63) is 28.5 Å². The molecule has 1 unspecified atom stereocenters. The maximum absolute atomic E-state index is 14.2. The standard InChI is InChI=1S/C15H20BrFN2/c1-11-9-18-15(6-2-3-7-15)10-19(11)14-5-4-12(16)8-13(14)17/h4-5,8,11,18H,2-3,6-7,9-10H2,1H3. The molecule has 1 atom stereocenters. The van der Waals surface area contributed by atoms with Crippen LogP contribution in [-0.2, 0) is 0 Å². The number of halogens is 2. The molecule has 1 N–H and O–H groups in total. The van der Waals surface area contributed by atoms with E-state index < -0.39 is 0 Å². The van der Waals surface area contributed by atoms with Gasteiger partial charge in [-0.3, -0.25) is 0 Å². The van der Waals surface area contributed by atoms with Gasteiger partial charge in [-0.1, -0.05) is 28.8 Å². The lowest BCUT2D eigenvalue weighted by molar-refractivity contribution is 0.275. The van der Waals surface area contributed by atoms with Gasteiger partial charge in [0, 0.05) is 29.1 Å². The van der Waals surface area contributed by atoms with Gasteiger partial charge in [-0.25, -0.2) is 4.39 Å². The Balaban J connectivity index is 1.89. The van der Waals surface area contributed by atoms with Crippen LogP contribution in [0.5, 0.6) is 0 Å². The maximum Gasteiger partial charge on any atom is 0.147 e. The summed E-state index contributed by atoms with van der Waals surface area (Å²) in [5.74, 6) is -0.128. The fourth-order valence-corrected chi connectivity index (χ4v) is 3.77. The highest BCUT2D eigenvalue weighted by molar-refractivity contribution is 9.10. The van der Waals surface area contributed by atoms with Crippen molar-refractivity contribution in [1.82, 2.24) is 5.32 Å². The Labute approximate surface area is 122 Å². The van der Waals surface area contributed by atoms with E-state index in [2.05, 4.69) is 33.1 Å². The van der Waals surface area contributed by atoms with Crippen LogP contribution in [0.2, 0.25) is 0 Å². The number of hydrogen-bond donors (Lipinski definition) is 1. The van der Waals surface area contributed by atoms with Crippen LogP contribution in [0.15, 0.2) is 22.7 Å². The molecule has 19 heavy (non-hydrogen) atoms. The van der Waals surface area contributed by atoms with Crippen molar-refractivity contribution in [2.75, 3.05) is 18.0 Å². The Morgan fingerprint density at radius 2 is 2.11 bits per heavy atom. The minimum Gasteiger partial charge on any atom is -0.363 e. The second-order valence-corrected chi connectivity index (χ2v) is 6.86. The van der Waals surface area contributed by atoms with Gasteiger partial charge in [0.2, 0.25) is 0 Å². The molecule has 1 saturated carbocycles. The van der Waals surface area contributed by atoms with Gasteiger partial charge in [0.25, 0.3) is 0 Å². The topological polar surface area (TPSA) is 15.3 Å². The quantitative estimate of drug-likeness (QED) is 0.846. The molecule has 0 bridgehead atoms. The zero-order valence-electron chi connectivity index (χ0n) is 11.3. The van der Waals surface area contributed by atoms with Gasteiger partial charge in [0.15, 0.2) is 0 Å². The molecule has 1 spiro atoms. The van der Waals surface area contributed by atoms with Crippen molar-refractivity contribution >= 4 is 21.6 Å². The van der Waals surface area contributed by atoms with Crippen LogP contribution < -0.4 is 10.2 Å². The summed E-state index contributed by atoms with van der Waals surface area (Å²) in [5, 5.41) is 3.70. The summed E-state index contributed by atoms with van der Waals surface area (Å²) in [6, 6.07) is 5.71. The molecule has 4 heteroatoms. The molecule has 1 aromatic carbocycles. The summed E-state index contributed by atoms with van der Waals surface area (Å²) in [7, 11) is 0. The molecule has 1 aliphatic heterocycles. The molecule has 0 radical (unpaired) electrons. The van der Waals surface area contributed by atoms with E-state index in [1.165, 1.54) is 25.7 Å². The van der Waals surface area contributed by atoms with Gasteiger partial charge >= 0.3 is 0 Å². The number of hydrogen-bond acceptors (Lipinski definition) is 2. The van der Waals surface area contributed by atoms with Crippen LogP contribution in [-0.4, -0.2) is 24.7 Å². The van der Waals surface area contributed by atoms with Crippen LogP contribution in [0.3, 0.4) is 0 Å². The first-order chi connectivity index (χ1) is 9.10. The average Bonchev–Trinajstić information content (AvgIpc) is 2.82. The van der Waals surface area contributed by atoms with Crippen molar-refractivity contribution in [3.8, 4) is 0 Å². The summed E-state index contributed by atoms with van der Waals surface area (Å²) in [5.41, 5.74) is 0.954. The normalized spacial score (nSPS) is 26.1. The second kappa shape index (κ2) is 5.06. The highest BCUT2D eigenvalue weighted by Crippen LogP contribution is 2.36. The lowest BCUT2D eigenvalue weighted by Crippen LogP contribution is -2.62. The third kappa shape index (κ3) is 2.52. The first-order valence-corrected chi connectivity index (χ1v) is 7.86. The number of nitrogens with zero attached hydrogens (tertiary/aromatic N) is 1. The molecule has 1 heterocycles. The van der Waals surface area contributed by atoms with E-state index in [0.29, 0.717) is 6.04 Å². The summed E-state index contributed by atoms with van der Waals surface area (Å²) in [4.78, 5) is 2.24. The Morgan fingerprint density at radius 3 is 2.79 bits per heavy atom. The molecule has 1 aromatic rings. The Kier molecular flexibility index (Phi) is 3.56. The third-order valence-corrected chi connectivity index (χ3v) is 5.05. The lowest BCUT2D eigenvalue weighted by Gasteiger charge is -2.46. The van der Waals surface area contributed by atoms with E-state index in [0.717, 1.165) is 23.2 Å². The molecule has 1 saturated heterocycles. The molecule has 2 fully saturated rings. The predicted octanol–water partition coefficient (Wildman–Crippen LogP) is 3.70. The Morgan fingerprint density at radius 1 is 1.37 bits per heavy atom. The van der Waals surface area contributed by atoms with Crippen LogP contribution >= 0.6 is 15.9 Å². The Bertz CT molecular complexity index is 471. The summed E-state index contributed by atoms with van der Waals surface area (Å²) >= 11 is 3.32. The fourth-order valence-electron chi connectivity index (χ4n) is 3.44. The molecule has 104 valence electrons. The third-order valence-electron chi connectivity index (χ3n) is 4.56. The number of nitrogens with one attached hydrogen (secondary N) is 1. The molecular formula is C15H20BrFN2. The molecule has 2 nitrogen and oxygen atoms in total. The van der Waals surface area contributed by atoms with Crippen molar-refractivity contribution in [1.29, 1.82) is 0 Å². The molecule has 2 aliphatic rings. The van der Waals surface area contributed by atoms with Crippen LogP contribution in [0.25, 0.3) is 0 Å². The van der Waals surface area contributed by atoms with Gasteiger partial charge in [0.05, 0.1) is 5.69 Å². The molecule has 0 amide bonds. The van der Waals surface area contributed by atoms with E-state index in [4.69, 9.17) is 0 Å². The zero-order valence-corrected chi connectivity index (χ0v) is 12.8. The minimum atomic E-state index is -0.128. The number of piperazine rings is 1. The first kappa shape index (κ1) is 13.4. The van der Waals surface area contributed by atoms with Gasteiger partial charge in [0.1, 0.15) is 5.82 Å². The summed E-state index contributed by atoms with van der Waals surface area (Å²) in [6.45, 7) is 4.03. The highest BCUT2D eigenvalue weighted by atomic mass is 79.9. The van der Waals surface area contributed by atoms with Crippen molar-refractivity contribution in [2.45, 2.75) is 44.2 Å². The summed E-state index contributed by atoms with van der Waals surface area (Å²) < 4.78 is 15.0. The SMILES string of the molecule is CC1CNC2(CCCC2)CN1c1ccc(Br)cc1F. The van der Waals surface area contributed by atoms with Crippen molar-refractivity contribution < 1.29 is 4.39 Å². The fraction of sp³-hybridized carbons (Fsp3) is 0.600. The molecule has 3 rings (SSSR count). The zero-order chi connectivity index (χ0) is 13.5. The van der Waals surface area contributed by atoms with Gasteiger partial charge in [-0.2, -0.15) is 0 Å². The number of benzene rings is 1. The van der Waals surface area contributed by atoms with Crippen LogP contribution in [0.1, 0.15) is 32.6 Å². The highest BCUT2D eigenvalue weighted by Gasteiger charge is 2.40. The van der Waals surface area contributed by atoms with Crippen LogP contribution in [0.4, 0.5) is 10.1 Å². The van der Waals surface area contributed by atoms with E-state index in [1.807, 2.05) is 12.1 Å². The van der Waals surface area contributed by atoms with Crippen molar-refractivity contribution in [2.24, 2.45) is 0 Å². The van der Waals surface area contributed by atoms with Crippen molar-refractivity contribution in [3.63, 3.8) is 0 Å². The van der Waals surface area contributed by atoms with Gasteiger partial charge in [-0.05, 0) is 38.0 Å². The predicted molar refractivity (Wildman–Crippen MR) is 80.1 cm³/mol. The molecule has 0 aromatic heterocycles. The smallest absolute Gasteiger partial charge is 0.147 e. The van der Waals surface area contributed by atoms with E-state index in [9.17, 15) is 4.39 Å². The van der Waals surface area contributed by atoms with Gasteiger partial charge < -0.3 is 10.2 Å². The number of rotatable bonds is 1. The van der Waals surface area contributed by atoms with E-state index in [-0.39, 0.29) is 11.4 Å². The summed E-state index contributed by atoms with van der Waals surface area (Å²) in [6.07, 6.45) is 5.01. The Hall–Kier alpha value is -0.610. The van der Waals surface area contributed by atoms with E-state index in [1.54, 1.807) is 6.07 Å². The average molecular weight is 327 g/mol. The van der Waals surface area contributed by atoms with Gasteiger partial charge in [-0.15, -0.1) is 0 Å². The van der Waals surface area contributed by atoms with E-state index >= 15 is 0 Å². The minimum absolute atomic E-state index is 0.128. The lowest BCUT2D eigenvalue weighted by atomic mass is 9.92. The molecule has 1 aliphatic carbocycles. The maximum atomic E-state index is 14.2.